The minimum Gasteiger partial charge on any atom is -0.447 e. The number of aromatic nitrogens is 1. The van der Waals surface area contributed by atoms with Crippen molar-refractivity contribution in [2.45, 2.75) is 0 Å². The van der Waals surface area contributed by atoms with Crippen LogP contribution in [-0.4, -0.2) is 10.9 Å². The molecule has 20 heavy (non-hydrogen) atoms. The van der Waals surface area contributed by atoms with Crippen LogP contribution in [-0.2, 0) is 0 Å². The Morgan fingerprint density at radius 2 is 2.05 bits per heavy atom. The average Bonchev–Trinajstić information content (AvgIpc) is 2.79. The molecule has 0 spiro atoms. The van der Waals surface area contributed by atoms with E-state index in [1.165, 1.54) is 0 Å². The number of furan rings is 1. The van der Waals surface area contributed by atoms with Crippen molar-refractivity contribution in [3.05, 3.63) is 53.4 Å². The predicted molar refractivity (Wildman–Crippen MR) is 77.8 cm³/mol. The average molecular weight is 288 g/mol. The number of anilines is 2. The maximum Gasteiger partial charge on any atom is 0.293 e. The third-order valence-corrected chi connectivity index (χ3v) is 3.14. The summed E-state index contributed by atoms with van der Waals surface area (Å²) >= 11 is 5.99. The molecule has 0 saturated carbocycles. The lowest BCUT2D eigenvalue weighted by atomic mass is 10.3. The first kappa shape index (κ1) is 12.5. The van der Waals surface area contributed by atoms with Gasteiger partial charge in [-0.25, -0.2) is 0 Å². The monoisotopic (exact) mass is 287 g/mol. The molecule has 0 atom stereocenters. The number of nitrogens with two attached hydrogens (primary N) is 1. The molecule has 0 saturated heterocycles. The number of carbonyl (C=O) groups excluding carboxylic acids is 1. The first-order valence-electron chi connectivity index (χ1n) is 5.85. The fraction of sp³-hybridized carbons (Fsp3) is 0. The summed E-state index contributed by atoms with van der Waals surface area (Å²) in [6.45, 7) is 0. The molecule has 1 aromatic carbocycles. The lowest BCUT2D eigenvalue weighted by molar-refractivity contribution is 0.1000. The van der Waals surface area contributed by atoms with Crippen molar-refractivity contribution in [1.29, 1.82) is 0 Å². The Morgan fingerprint density at radius 3 is 2.80 bits per heavy atom. The van der Waals surface area contributed by atoms with Crippen molar-refractivity contribution in [3.63, 3.8) is 0 Å². The molecule has 2 aromatic heterocycles. The van der Waals surface area contributed by atoms with E-state index in [1.54, 1.807) is 42.6 Å². The van der Waals surface area contributed by atoms with Gasteiger partial charge < -0.3 is 15.5 Å². The summed E-state index contributed by atoms with van der Waals surface area (Å²) in [7, 11) is 0. The molecule has 0 unspecified atom stereocenters. The number of para-hydroxylation sites is 1. The lowest BCUT2D eigenvalue weighted by Crippen LogP contribution is -2.13. The molecule has 2 heterocycles. The summed E-state index contributed by atoms with van der Waals surface area (Å²) in [5, 5.41) is 3.09. The van der Waals surface area contributed by atoms with Gasteiger partial charge in [-0.05, 0) is 24.3 Å². The number of hydrogen-bond donors (Lipinski definition) is 2. The van der Waals surface area contributed by atoms with Gasteiger partial charge in [0.1, 0.15) is 11.2 Å². The van der Waals surface area contributed by atoms with E-state index >= 15 is 0 Å². The van der Waals surface area contributed by atoms with E-state index < -0.39 is 5.91 Å². The highest BCUT2D eigenvalue weighted by Gasteiger charge is 2.19. The Bertz CT molecular complexity index is 798. The molecule has 0 aliphatic rings. The number of carbonyl (C=O) groups is 1. The van der Waals surface area contributed by atoms with E-state index in [-0.39, 0.29) is 11.4 Å². The SMILES string of the molecule is Nc1c(C(=O)Nc2ccccc2Cl)oc2cccnc12. The van der Waals surface area contributed by atoms with Crippen molar-refractivity contribution in [2.24, 2.45) is 0 Å². The van der Waals surface area contributed by atoms with Gasteiger partial charge in [0, 0.05) is 6.20 Å². The predicted octanol–water partition coefficient (Wildman–Crippen LogP) is 3.32. The number of nitrogen functional groups attached to an aromatic ring is 1. The summed E-state index contributed by atoms with van der Waals surface area (Å²) in [5.41, 5.74) is 7.52. The first-order valence-corrected chi connectivity index (χ1v) is 6.23. The Morgan fingerprint density at radius 1 is 1.25 bits per heavy atom. The Labute approximate surface area is 119 Å². The van der Waals surface area contributed by atoms with Crippen molar-refractivity contribution in [3.8, 4) is 0 Å². The second-order valence-electron chi connectivity index (χ2n) is 4.13. The number of hydrogen-bond acceptors (Lipinski definition) is 4. The highest BCUT2D eigenvalue weighted by Crippen LogP contribution is 2.28. The molecule has 1 amide bonds. The smallest absolute Gasteiger partial charge is 0.293 e. The van der Waals surface area contributed by atoms with Crippen molar-refractivity contribution >= 4 is 40.0 Å². The zero-order valence-corrected chi connectivity index (χ0v) is 11.0. The van der Waals surface area contributed by atoms with Gasteiger partial charge >= 0.3 is 0 Å². The first-order chi connectivity index (χ1) is 9.66. The zero-order chi connectivity index (χ0) is 14.1. The quantitative estimate of drug-likeness (QED) is 0.757. The molecule has 0 aliphatic heterocycles. The molecule has 0 bridgehead atoms. The number of nitrogens with zero attached hydrogens (tertiary/aromatic N) is 1. The molecule has 3 rings (SSSR count). The summed E-state index contributed by atoms with van der Waals surface area (Å²) in [5.74, 6) is -0.438. The van der Waals surface area contributed by atoms with Crippen molar-refractivity contribution in [2.75, 3.05) is 11.1 Å². The summed E-state index contributed by atoms with van der Waals surface area (Å²) in [4.78, 5) is 16.3. The van der Waals surface area contributed by atoms with Crippen molar-refractivity contribution < 1.29 is 9.21 Å². The van der Waals surface area contributed by atoms with Crippen LogP contribution < -0.4 is 11.1 Å². The zero-order valence-electron chi connectivity index (χ0n) is 10.3. The van der Waals surface area contributed by atoms with Crippen LogP contribution in [0.1, 0.15) is 10.6 Å². The van der Waals surface area contributed by atoms with Gasteiger partial charge in [-0.15, -0.1) is 0 Å². The van der Waals surface area contributed by atoms with E-state index in [4.69, 9.17) is 21.8 Å². The van der Waals surface area contributed by atoms with E-state index in [9.17, 15) is 4.79 Å². The maximum atomic E-state index is 12.2. The van der Waals surface area contributed by atoms with E-state index in [1.807, 2.05) is 0 Å². The second-order valence-corrected chi connectivity index (χ2v) is 4.54. The Balaban J connectivity index is 1.97. The highest BCUT2D eigenvalue weighted by molar-refractivity contribution is 6.34. The van der Waals surface area contributed by atoms with Gasteiger partial charge in [-0.2, -0.15) is 0 Å². The van der Waals surface area contributed by atoms with Crippen LogP contribution in [0.15, 0.2) is 47.0 Å². The number of benzene rings is 1. The normalized spacial score (nSPS) is 10.7. The minimum absolute atomic E-state index is 0.0265. The van der Waals surface area contributed by atoms with Crippen LogP contribution in [0.5, 0.6) is 0 Å². The van der Waals surface area contributed by atoms with Gasteiger partial charge in [0.2, 0.25) is 5.76 Å². The maximum absolute atomic E-state index is 12.2. The fourth-order valence-corrected chi connectivity index (χ4v) is 2.04. The molecule has 0 radical (unpaired) electrons. The number of halogens is 1. The number of nitrogens with one attached hydrogen (secondary N) is 1. The van der Waals surface area contributed by atoms with E-state index in [2.05, 4.69) is 10.3 Å². The molecular formula is C14H10ClN3O2. The fourth-order valence-electron chi connectivity index (χ4n) is 1.86. The number of pyridine rings is 1. The molecule has 5 nitrogen and oxygen atoms in total. The van der Waals surface area contributed by atoms with Gasteiger partial charge in [-0.3, -0.25) is 9.78 Å². The van der Waals surface area contributed by atoms with Crippen LogP contribution in [0.4, 0.5) is 11.4 Å². The van der Waals surface area contributed by atoms with Gasteiger partial charge in [0.05, 0.1) is 10.7 Å². The summed E-state index contributed by atoms with van der Waals surface area (Å²) < 4.78 is 5.43. The molecular weight excluding hydrogens is 278 g/mol. The standard InChI is InChI=1S/C14H10ClN3O2/c15-8-4-1-2-5-9(8)18-14(19)13-11(16)12-10(20-13)6-3-7-17-12/h1-7H,16H2,(H,18,19). The molecule has 100 valence electrons. The van der Waals surface area contributed by atoms with Crippen LogP contribution in [0.2, 0.25) is 5.02 Å². The number of fused-ring (bicyclic) bond motifs is 1. The highest BCUT2D eigenvalue weighted by atomic mass is 35.5. The lowest BCUT2D eigenvalue weighted by Gasteiger charge is -2.05. The van der Waals surface area contributed by atoms with Crippen LogP contribution in [0.25, 0.3) is 11.1 Å². The van der Waals surface area contributed by atoms with E-state index in [0.717, 1.165) is 0 Å². The number of rotatable bonds is 2. The van der Waals surface area contributed by atoms with Crippen LogP contribution in [0.3, 0.4) is 0 Å². The van der Waals surface area contributed by atoms with Crippen LogP contribution in [0, 0.1) is 0 Å². The van der Waals surface area contributed by atoms with Gasteiger partial charge in [0.25, 0.3) is 5.91 Å². The molecule has 0 fully saturated rings. The Hall–Kier alpha value is -2.53. The Kier molecular flexibility index (Phi) is 3.04. The third-order valence-electron chi connectivity index (χ3n) is 2.81. The number of amides is 1. The van der Waals surface area contributed by atoms with Gasteiger partial charge in [-0.1, -0.05) is 23.7 Å². The van der Waals surface area contributed by atoms with Gasteiger partial charge in [0.15, 0.2) is 5.58 Å². The third kappa shape index (κ3) is 2.08. The second kappa shape index (κ2) is 4.86. The van der Waals surface area contributed by atoms with Crippen molar-refractivity contribution in [1.82, 2.24) is 4.98 Å². The molecule has 6 heteroatoms. The molecule has 0 aliphatic carbocycles. The minimum atomic E-state index is -0.464. The van der Waals surface area contributed by atoms with E-state index in [0.29, 0.717) is 21.8 Å². The molecule has 3 aromatic rings. The summed E-state index contributed by atoms with van der Waals surface area (Å²) in [6.07, 6.45) is 1.59. The van der Waals surface area contributed by atoms with Crippen LogP contribution >= 0.6 is 11.6 Å². The largest absolute Gasteiger partial charge is 0.447 e. The molecule has 3 N–H and O–H groups in total. The topological polar surface area (TPSA) is 81.2 Å². The summed E-state index contributed by atoms with van der Waals surface area (Å²) in [6, 6.07) is 10.3.